The predicted molar refractivity (Wildman–Crippen MR) is 93.6 cm³/mol. The second-order valence-electron chi connectivity index (χ2n) is 7.08. The summed E-state index contributed by atoms with van der Waals surface area (Å²) in [5, 5.41) is 7.03. The molecule has 1 N–H and O–H groups in total. The van der Waals surface area contributed by atoms with Crippen molar-refractivity contribution in [3.63, 3.8) is 0 Å². The molecule has 2 fully saturated rings. The second kappa shape index (κ2) is 6.19. The fourth-order valence-corrected chi connectivity index (χ4v) is 3.36. The third-order valence-electron chi connectivity index (χ3n) is 5.02. The van der Waals surface area contributed by atoms with E-state index in [1.165, 1.54) is 0 Å². The second-order valence-corrected chi connectivity index (χ2v) is 7.08. The van der Waals surface area contributed by atoms with Crippen molar-refractivity contribution in [2.24, 2.45) is 0 Å². The molecule has 1 saturated heterocycles. The van der Waals surface area contributed by atoms with E-state index in [4.69, 9.17) is 9.26 Å². The van der Waals surface area contributed by atoms with Gasteiger partial charge in [-0.3, -0.25) is 0 Å². The van der Waals surface area contributed by atoms with Crippen LogP contribution in [0, 0.1) is 6.92 Å². The molecular formula is C19H23N3O3. The van der Waals surface area contributed by atoms with Crippen molar-refractivity contribution in [1.29, 1.82) is 0 Å². The van der Waals surface area contributed by atoms with Crippen molar-refractivity contribution in [3.05, 3.63) is 47.3 Å². The maximum absolute atomic E-state index is 12.8. The maximum Gasteiger partial charge on any atom is 0.322 e. The van der Waals surface area contributed by atoms with Gasteiger partial charge in [-0.2, -0.15) is 0 Å². The number of amides is 2. The summed E-state index contributed by atoms with van der Waals surface area (Å²) in [6.45, 7) is 5.47. The van der Waals surface area contributed by atoms with Crippen molar-refractivity contribution >= 4 is 11.7 Å². The molecule has 1 aliphatic carbocycles. The molecule has 6 nitrogen and oxygen atoms in total. The van der Waals surface area contributed by atoms with E-state index in [1.54, 1.807) is 4.90 Å². The molecule has 1 saturated carbocycles. The minimum Gasteiger partial charge on any atom is -0.367 e. The highest BCUT2D eigenvalue weighted by molar-refractivity contribution is 5.90. The summed E-state index contributed by atoms with van der Waals surface area (Å²) >= 11 is 0. The topological polar surface area (TPSA) is 67.6 Å². The number of anilines is 1. The Bertz CT molecular complexity index is 769. The molecule has 132 valence electrons. The Morgan fingerprint density at radius 2 is 2.08 bits per heavy atom. The van der Waals surface area contributed by atoms with Crippen molar-refractivity contribution in [2.75, 3.05) is 25.0 Å². The average molecular weight is 341 g/mol. The van der Waals surface area contributed by atoms with Crippen LogP contribution >= 0.6 is 0 Å². The van der Waals surface area contributed by atoms with Crippen LogP contribution < -0.4 is 5.32 Å². The number of rotatable bonds is 3. The van der Waals surface area contributed by atoms with Gasteiger partial charge >= 0.3 is 6.03 Å². The maximum atomic E-state index is 12.8. The summed E-state index contributed by atoms with van der Waals surface area (Å²) in [5.74, 6) is 1.21. The Morgan fingerprint density at radius 3 is 2.80 bits per heavy atom. The van der Waals surface area contributed by atoms with Crippen LogP contribution in [0.5, 0.6) is 0 Å². The quantitative estimate of drug-likeness (QED) is 0.925. The van der Waals surface area contributed by atoms with Crippen molar-refractivity contribution in [1.82, 2.24) is 10.1 Å². The van der Waals surface area contributed by atoms with Gasteiger partial charge in [0.1, 0.15) is 17.0 Å². The minimum absolute atomic E-state index is 0.126. The molecule has 2 aromatic rings. The first-order chi connectivity index (χ1) is 12.1. The van der Waals surface area contributed by atoms with E-state index in [1.807, 2.05) is 44.2 Å². The molecule has 2 heterocycles. The van der Waals surface area contributed by atoms with E-state index in [9.17, 15) is 4.79 Å². The van der Waals surface area contributed by atoms with Crippen LogP contribution in [0.1, 0.15) is 42.7 Å². The summed E-state index contributed by atoms with van der Waals surface area (Å²) in [6, 6.07) is 9.91. The molecule has 6 heteroatoms. The first-order valence-corrected chi connectivity index (χ1v) is 8.78. The summed E-state index contributed by atoms with van der Waals surface area (Å²) in [7, 11) is 0. The first kappa shape index (κ1) is 16.1. The molecule has 2 aliphatic rings. The SMILES string of the molecule is Cc1noc(C2CC2)c1NC(=O)N1CCOC(C)(c2ccccc2)C1. The molecule has 1 aromatic carbocycles. The predicted octanol–water partition coefficient (Wildman–Crippen LogP) is 3.64. The lowest BCUT2D eigenvalue weighted by Gasteiger charge is -2.40. The Balaban J connectivity index is 1.50. The Hall–Kier alpha value is -2.34. The van der Waals surface area contributed by atoms with Gasteiger partial charge in [0, 0.05) is 12.5 Å². The van der Waals surface area contributed by atoms with Crippen molar-refractivity contribution in [3.8, 4) is 0 Å². The number of ether oxygens (including phenoxy) is 1. The Morgan fingerprint density at radius 1 is 1.32 bits per heavy atom. The monoisotopic (exact) mass is 341 g/mol. The molecule has 1 aliphatic heterocycles. The van der Waals surface area contributed by atoms with Crippen molar-refractivity contribution in [2.45, 2.75) is 38.2 Å². The highest BCUT2D eigenvalue weighted by Crippen LogP contribution is 2.44. The number of hydrogen-bond acceptors (Lipinski definition) is 4. The Labute approximate surface area is 147 Å². The van der Waals surface area contributed by atoms with Crippen LogP contribution in [-0.4, -0.2) is 35.8 Å². The zero-order valence-electron chi connectivity index (χ0n) is 14.6. The molecule has 2 amide bonds. The number of aromatic nitrogens is 1. The van der Waals surface area contributed by atoms with Gasteiger partial charge < -0.3 is 19.5 Å². The molecule has 25 heavy (non-hydrogen) atoms. The van der Waals surface area contributed by atoms with Gasteiger partial charge in [0.15, 0.2) is 5.76 Å². The van der Waals surface area contributed by atoms with E-state index in [0.29, 0.717) is 25.6 Å². The lowest BCUT2D eigenvalue weighted by Crippen LogP contribution is -2.51. The van der Waals surface area contributed by atoms with Crippen LogP contribution in [0.3, 0.4) is 0 Å². The highest BCUT2D eigenvalue weighted by Gasteiger charge is 2.37. The summed E-state index contributed by atoms with van der Waals surface area (Å²) in [5.41, 5.74) is 2.04. The van der Waals surface area contributed by atoms with Crippen LogP contribution in [-0.2, 0) is 10.3 Å². The zero-order valence-corrected chi connectivity index (χ0v) is 14.6. The molecule has 1 unspecified atom stereocenters. The summed E-state index contributed by atoms with van der Waals surface area (Å²) in [4.78, 5) is 14.6. The molecule has 4 rings (SSSR count). The fraction of sp³-hybridized carbons (Fsp3) is 0.474. The zero-order chi connectivity index (χ0) is 17.4. The number of nitrogens with zero attached hydrogens (tertiary/aromatic N) is 2. The normalized spacial score (nSPS) is 23.5. The van der Waals surface area contributed by atoms with E-state index < -0.39 is 5.60 Å². The van der Waals surface area contributed by atoms with E-state index in [-0.39, 0.29) is 6.03 Å². The number of morpholine rings is 1. The lowest BCUT2D eigenvalue weighted by atomic mass is 9.94. The van der Waals surface area contributed by atoms with E-state index >= 15 is 0 Å². The lowest BCUT2D eigenvalue weighted by molar-refractivity contribution is -0.0894. The van der Waals surface area contributed by atoms with E-state index in [0.717, 1.165) is 35.5 Å². The number of hydrogen-bond donors (Lipinski definition) is 1. The summed E-state index contributed by atoms with van der Waals surface area (Å²) < 4.78 is 11.4. The van der Waals surface area contributed by atoms with Crippen molar-refractivity contribution < 1.29 is 14.1 Å². The van der Waals surface area contributed by atoms with Gasteiger partial charge in [-0.15, -0.1) is 0 Å². The number of benzene rings is 1. The molecule has 0 bridgehead atoms. The first-order valence-electron chi connectivity index (χ1n) is 8.78. The van der Waals surface area contributed by atoms with Crippen LogP contribution in [0.25, 0.3) is 0 Å². The number of carbonyl (C=O) groups excluding carboxylic acids is 1. The molecule has 0 radical (unpaired) electrons. The van der Waals surface area contributed by atoms with Crippen LogP contribution in [0.15, 0.2) is 34.9 Å². The number of urea groups is 1. The fourth-order valence-electron chi connectivity index (χ4n) is 3.36. The third kappa shape index (κ3) is 3.14. The largest absolute Gasteiger partial charge is 0.367 e. The van der Waals surface area contributed by atoms with Crippen LogP contribution in [0.4, 0.5) is 10.5 Å². The van der Waals surface area contributed by atoms with E-state index in [2.05, 4.69) is 10.5 Å². The highest BCUT2D eigenvalue weighted by atomic mass is 16.5. The number of carbonyl (C=O) groups is 1. The summed E-state index contributed by atoms with van der Waals surface area (Å²) in [6.07, 6.45) is 2.20. The van der Waals surface area contributed by atoms with Gasteiger partial charge in [-0.05, 0) is 32.3 Å². The standard InChI is InChI=1S/C19H23N3O3/c1-13-16(17(25-21-13)14-8-9-14)20-18(23)22-10-11-24-19(2,12-22)15-6-4-3-5-7-15/h3-7,14H,8-12H2,1-2H3,(H,20,23). The van der Waals surface area contributed by atoms with Crippen LogP contribution in [0.2, 0.25) is 0 Å². The average Bonchev–Trinajstić information content (AvgIpc) is 3.41. The third-order valence-corrected chi connectivity index (χ3v) is 5.02. The molecular weight excluding hydrogens is 318 g/mol. The van der Waals surface area contributed by atoms with Gasteiger partial charge in [0.25, 0.3) is 0 Å². The van der Waals surface area contributed by atoms with Gasteiger partial charge in [0.05, 0.1) is 13.2 Å². The molecule has 1 aromatic heterocycles. The molecule has 1 atom stereocenters. The van der Waals surface area contributed by atoms with Gasteiger partial charge in [0.2, 0.25) is 0 Å². The smallest absolute Gasteiger partial charge is 0.322 e. The van der Waals surface area contributed by atoms with Gasteiger partial charge in [-0.25, -0.2) is 4.79 Å². The number of aryl methyl sites for hydroxylation is 1. The molecule has 0 spiro atoms. The van der Waals surface area contributed by atoms with Gasteiger partial charge in [-0.1, -0.05) is 35.5 Å². The Kier molecular flexibility index (Phi) is 4.00. The number of nitrogens with one attached hydrogen (secondary N) is 1. The minimum atomic E-state index is -0.500.